The van der Waals surface area contributed by atoms with E-state index in [1.807, 2.05) is 0 Å². The standard InChI is InChI=1S/C14H30N4O2S.HI/c1-3-4-5-6-7-16-14(15-2)17-8-9-18-10-12-21(19,20)13-11-18;/h3-13H2,1-2H3,(H2,15,16,17);1H. The summed E-state index contributed by atoms with van der Waals surface area (Å²) in [5.74, 6) is 1.41. The fourth-order valence-electron chi connectivity index (χ4n) is 2.29. The zero-order valence-corrected chi connectivity index (χ0v) is 17.0. The first-order chi connectivity index (χ1) is 10.1. The van der Waals surface area contributed by atoms with Crippen LogP contribution >= 0.6 is 24.0 Å². The molecule has 0 aromatic heterocycles. The number of guanidine groups is 1. The highest BCUT2D eigenvalue weighted by molar-refractivity contribution is 14.0. The largest absolute Gasteiger partial charge is 0.356 e. The zero-order valence-electron chi connectivity index (χ0n) is 13.8. The Morgan fingerprint density at radius 3 is 2.32 bits per heavy atom. The van der Waals surface area contributed by atoms with Gasteiger partial charge in [-0.3, -0.25) is 9.89 Å². The molecule has 0 saturated carbocycles. The van der Waals surface area contributed by atoms with E-state index in [0.29, 0.717) is 13.1 Å². The number of aliphatic imine (C=N–C) groups is 1. The first-order valence-electron chi connectivity index (χ1n) is 7.94. The maximum absolute atomic E-state index is 11.3. The smallest absolute Gasteiger partial charge is 0.191 e. The van der Waals surface area contributed by atoms with Crippen LogP contribution in [0.25, 0.3) is 0 Å². The summed E-state index contributed by atoms with van der Waals surface area (Å²) in [6.07, 6.45) is 4.95. The fourth-order valence-corrected chi connectivity index (χ4v) is 3.56. The van der Waals surface area contributed by atoms with Crippen LogP contribution < -0.4 is 10.6 Å². The molecule has 1 aliphatic rings. The van der Waals surface area contributed by atoms with Gasteiger partial charge in [0.1, 0.15) is 0 Å². The summed E-state index contributed by atoms with van der Waals surface area (Å²) >= 11 is 0. The lowest BCUT2D eigenvalue weighted by atomic mass is 10.2. The lowest BCUT2D eigenvalue weighted by Crippen LogP contribution is -2.46. The molecule has 0 unspecified atom stereocenters. The Hall–Kier alpha value is -0.0900. The minimum Gasteiger partial charge on any atom is -0.356 e. The number of hydrogen-bond acceptors (Lipinski definition) is 4. The Labute approximate surface area is 152 Å². The van der Waals surface area contributed by atoms with Gasteiger partial charge >= 0.3 is 0 Å². The Morgan fingerprint density at radius 1 is 1.09 bits per heavy atom. The van der Waals surface area contributed by atoms with Gasteiger partial charge in [0.15, 0.2) is 15.8 Å². The van der Waals surface area contributed by atoms with E-state index in [1.54, 1.807) is 7.05 Å². The minimum absolute atomic E-state index is 0. The Morgan fingerprint density at radius 2 is 1.73 bits per heavy atom. The molecule has 1 fully saturated rings. The van der Waals surface area contributed by atoms with Crippen molar-refractivity contribution in [3.05, 3.63) is 0 Å². The van der Waals surface area contributed by atoms with Gasteiger partial charge in [0.2, 0.25) is 0 Å². The highest BCUT2D eigenvalue weighted by Gasteiger charge is 2.20. The Balaban J connectivity index is 0.00000441. The molecule has 0 aliphatic carbocycles. The zero-order chi connectivity index (χ0) is 15.6. The van der Waals surface area contributed by atoms with Gasteiger partial charge in [-0.05, 0) is 6.42 Å². The van der Waals surface area contributed by atoms with Gasteiger partial charge in [-0.1, -0.05) is 26.2 Å². The van der Waals surface area contributed by atoms with Gasteiger partial charge < -0.3 is 10.6 Å². The van der Waals surface area contributed by atoms with Crippen LogP contribution in [0.15, 0.2) is 4.99 Å². The number of halogens is 1. The summed E-state index contributed by atoms with van der Waals surface area (Å²) in [6.45, 7) is 6.09. The maximum atomic E-state index is 11.3. The van der Waals surface area contributed by atoms with Crippen LogP contribution in [0, 0.1) is 0 Å². The predicted molar refractivity (Wildman–Crippen MR) is 104 cm³/mol. The number of sulfone groups is 1. The minimum atomic E-state index is -2.78. The molecule has 0 aromatic rings. The van der Waals surface area contributed by atoms with Crippen LogP contribution in [0.3, 0.4) is 0 Å². The van der Waals surface area contributed by atoms with Crippen molar-refractivity contribution in [1.29, 1.82) is 0 Å². The molecule has 0 atom stereocenters. The van der Waals surface area contributed by atoms with Gasteiger partial charge in [0.25, 0.3) is 0 Å². The third kappa shape index (κ3) is 9.83. The summed E-state index contributed by atoms with van der Waals surface area (Å²) in [7, 11) is -1.01. The van der Waals surface area contributed by atoms with E-state index in [-0.39, 0.29) is 35.5 Å². The van der Waals surface area contributed by atoms with Crippen LogP contribution in [0.4, 0.5) is 0 Å². The molecule has 6 nitrogen and oxygen atoms in total. The van der Waals surface area contributed by atoms with Crippen molar-refractivity contribution in [2.75, 3.05) is 51.3 Å². The highest BCUT2D eigenvalue weighted by Crippen LogP contribution is 2.02. The first kappa shape index (κ1) is 21.9. The number of unbranched alkanes of at least 4 members (excludes halogenated alkanes) is 3. The average Bonchev–Trinajstić information content (AvgIpc) is 2.47. The summed E-state index contributed by atoms with van der Waals surface area (Å²) < 4.78 is 22.7. The molecular formula is C14H31IN4O2S. The summed E-state index contributed by atoms with van der Waals surface area (Å²) in [6, 6.07) is 0. The van der Waals surface area contributed by atoms with Gasteiger partial charge in [-0.2, -0.15) is 0 Å². The molecule has 132 valence electrons. The monoisotopic (exact) mass is 446 g/mol. The molecule has 1 heterocycles. The van der Waals surface area contributed by atoms with Gasteiger partial charge in [-0.15, -0.1) is 24.0 Å². The van der Waals surface area contributed by atoms with E-state index >= 15 is 0 Å². The van der Waals surface area contributed by atoms with Crippen molar-refractivity contribution in [3.63, 3.8) is 0 Å². The molecular weight excluding hydrogens is 415 g/mol. The molecule has 0 aromatic carbocycles. The van der Waals surface area contributed by atoms with Crippen molar-refractivity contribution >= 4 is 39.8 Å². The topological polar surface area (TPSA) is 73.8 Å². The maximum Gasteiger partial charge on any atom is 0.191 e. The number of nitrogens with one attached hydrogen (secondary N) is 2. The fraction of sp³-hybridized carbons (Fsp3) is 0.929. The van der Waals surface area contributed by atoms with Crippen LogP contribution in [-0.4, -0.2) is 70.6 Å². The summed E-state index contributed by atoms with van der Waals surface area (Å²) in [5.41, 5.74) is 0. The van der Waals surface area contributed by atoms with E-state index in [0.717, 1.165) is 25.6 Å². The van der Waals surface area contributed by atoms with E-state index in [9.17, 15) is 8.42 Å². The van der Waals surface area contributed by atoms with Crippen LogP contribution in [-0.2, 0) is 9.84 Å². The van der Waals surface area contributed by atoms with Crippen LogP contribution in [0.5, 0.6) is 0 Å². The van der Waals surface area contributed by atoms with Gasteiger partial charge in [0, 0.05) is 39.8 Å². The second kappa shape index (κ2) is 12.3. The molecule has 1 aliphatic heterocycles. The van der Waals surface area contributed by atoms with Crippen LogP contribution in [0.1, 0.15) is 32.6 Å². The quantitative estimate of drug-likeness (QED) is 0.253. The first-order valence-corrected chi connectivity index (χ1v) is 9.77. The number of hydrogen-bond donors (Lipinski definition) is 2. The molecule has 0 bridgehead atoms. The molecule has 8 heteroatoms. The Bertz CT molecular complexity index is 401. The average molecular weight is 446 g/mol. The van der Waals surface area contributed by atoms with E-state index in [1.165, 1.54) is 25.7 Å². The second-order valence-electron chi connectivity index (χ2n) is 5.48. The molecule has 2 N–H and O–H groups in total. The number of rotatable bonds is 8. The predicted octanol–water partition coefficient (Wildman–Crippen LogP) is 1.08. The molecule has 0 amide bonds. The van der Waals surface area contributed by atoms with Crippen LogP contribution in [0.2, 0.25) is 0 Å². The van der Waals surface area contributed by atoms with E-state index < -0.39 is 9.84 Å². The second-order valence-corrected chi connectivity index (χ2v) is 7.78. The molecule has 1 rings (SSSR count). The van der Waals surface area contributed by atoms with E-state index in [2.05, 4.69) is 27.4 Å². The lowest BCUT2D eigenvalue weighted by Gasteiger charge is -2.26. The van der Waals surface area contributed by atoms with Gasteiger partial charge in [-0.25, -0.2) is 8.42 Å². The van der Waals surface area contributed by atoms with Crippen molar-refractivity contribution in [3.8, 4) is 0 Å². The van der Waals surface area contributed by atoms with Crippen molar-refractivity contribution in [1.82, 2.24) is 15.5 Å². The summed E-state index contributed by atoms with van der Waals surface area (Å²) in [4.78, 5) is 6.37. The third-order valence-corrected chi connectivity index (χ3v) is 5.31. The SMILES string of the molecule is CCCCCCNC(=NC)NCCN1CCS(=O)(=O)CC1.I. The molecule has 1 saturated heterocycles. The lowest BCUT2D eigenvalue weighted by molar-refractivity contribution is 0.299. The van der Waals surface area contributed by atoms with Crippen molar-refractivity contribution in [2.24, 2.45) is 4.99 Å². The van der Waals surface area contributed by atoms with Crippen molar-refractivity contribution < 1.29 is 8.42 Å². The molecule has 0 spiro atoms. The van der Waals surface area contributed by atoms with Crippen molar-refractivity contribution in [2.45, 2.75) is 32.6 Å². The Kier molecular flexibility index (Phi) is 12.3. The molecule has 22 heavy (non-hydrogen) atoms. The summed E-state index contributed by atoms with van der Waals surface area (Å²) in [5, 5.41) is 6.58. The van der Waals surface area contributed by atoms with E-state index in [4.69, 9.17) is 0 Å². The molecule has 0 radical (unpaired) electrons. The highest BCUT2D eigenvalue weighted by atomic mass is 127. The van der Waals surface area contributed by atoms with Gasteiger partial charge in [0.05, 0.1) is 11.5 Å². The third-order valence-electron chi connectivity index (χ3n) is 3.70. The normalized spacial score (nSPS) is 18.5. The number of nitrogens with zero attached hydrogens (tertiary/aromatic N) is 2.